The molecule has 3 rings (SSSR count). The summed E-state index contributed by atoms with van der Waals surface area (Å²) in [6.07, 6.45) is 2.26. The van der Waals surface area contributed by atoms with Crippen molar-refractivity contribution < 1.29 is 14.7 Å². The van der Waals surface area contributed by atoms with Crippen molar-refractivity contribution in [1.29, 1.82) is 0 Å². The van der Waals surface area contributed by atoms with Crippen LogP contribution in [0.25, 0.3) is 5.65 Å². The second-order valence-corrected chi connectivity index (χ2v) is 7.36. The molecule has 2 aromatic heterocycles. The number of nitrogens with one attached hydrogen (secondary N) is 1. The van der Waals surface area contributed by atoms with Gasteiger partial charge in [-0.25, -0.2) is 0 Å². The summed E-state index contributed by atoms with van der Waals surface area (Å²) in [5.41, 5.74) is -0.842. The highest BCUT2D eigenvalue weighted by Crippen LogP contribution is 2.23. The Hall–Kier alpha value is -2.64. The van der Waals surface area contributed by atoms with Crippen LogP contribution < -0.4 is 10.9 Å². The zero-order valence-corrected chi connectivity index (χ0v) is 13.9. The van der Waals surface area contributed by atoms with E-state index in [1.807, 2.05) is 20.8 Å². The van der Waals surface area contributed by atoms with Gasteiger partial charge in [-0.2, -0.15) is 9.61 Å². The summed E-state index contributed by atoms with van der Waals surface area (Å²) < 4.78 is 2.44. The zero-order valence-electron chi connectivity index (χ0n) is 13.9. The number of nitrogens with zero attached hydrogens (tertiary/aromatic N) is 3. The lowest BCUT2D eigenvalue weighted by molar-refractivity contribution is 0.0944. The molecule has 1 saturated carbocycles. The Morgan fingerprint density at radius 1 is 1.46 bits per heavy atom. The monoisotopic (exact) mass is 332 g/mol. The van der Waals surface area contributed by atoms with Gasteiger partial charge in [-0.15, -0.1) is 0 Å². The summed E-state index contributed by atoms with van der Waals surface area (Å²) in [5.74, 6) is -1.17. The SMILES string of the molecule is CC(C)(C)Cn1c(=O)c(C(=O)NC2CC2)c(O)n2nc(C=O)cc12. The van der Waals surface area contributed by atoms with Crippen LogP contribution in [0.15, 0.2) is 10.9 Å². The predicted octanol–water partition coefficient (Wildman–Crippen LogP) is 0.952. The molecular weight excluding hydrogens is 312 g/mol. The summed E-state index contributed by atoms with van der Waals surface area (Å²) in [4.78, 5) is 36.2. The standard InChI is InChI=1S/C16H20N4O4/c1-16(2,3)8-19-11-6-10(7-21)18-20(11)15(24)12(14(19)23)13(22)17-9-4-5-9/h6-7,9,24H,4-5,8H2,1-3H3,(H,17,22). The maximum Gasteiger partial charge on any atom is 0.270 e. The lowest BCUT2D eigenvalue weighted by atomic mass is 9.97. The van der Waals surface area contributed by atoms with Crippen LogP contribution in [-0.2, 0) is 6.54 Å². The number of carbonyl (C=O) groups is 2. The number of carbonyl (C=O) groups excluding carboxylic acids is 2. The van der Waals surface area contributed by atoms with Crippen LogP contribution in [0.2, 0.25) is 0 Å². The number of amides is 1. The highest BCUT2D eigenvalue weighted by Gasteiger charge is 2.30. The molecule has 128 valence electrons. The van der Waals surface area contributed by atoms with Crippen molar-refractivity contribution in [3.63, 3.8) is 0 Å². The third kappa shape index (κ3) is 2.91. The Morgan fingerprint density at radius 3 is 2.67 bits per heavy atom. The quantitative estimate of drug-likeness (QED) is 0.811. The fraction of sp³-hybridized carbons (Fsp3) is 0.500. The summed E-state index contributed by atoms with van der Waals surface area (Å²) in [5, 5.41) is 17.0. The molecule has 2 heterocycles. The Morgan fingerprint density at radius 2 is 2.12 bits per heavy atom. The molecule has 0 bridgehead atoms. The fourth-order valence-corrected chi connectivity index (χ4v) is 2.55. The van der Waals surface area contributed by atoms with Crippen LogP contribution in [0.3, 0.4) is 0 Å². The van der Waals surface area contributed by atoms with Crippen LogP contribution >= 0.6 is 0 Å². The molecule has 24 heavy (non-hydrogen) atoms. The Labute approximate surface area is 138 Å². The minimum absolute atomic E-state index is 0.0474. The van der Waals surface area contributed by atoms with E-state index < -0.39 is 17.3 Å². The van der Waals surface area contributed by atoms with Crippen molar-refractivity contribution in [3.8, 4) is 5.88 Å². The molecule has 0 aromatic carbocycles. The highest BCUT2D eigenvalue weighted by atomic mass is 16.3. The highest BCUT2D eigenvalue weighted by molar-refractivity contribution is 5.96. The second-order valence-electron chi connectivity index (χ2n) is 7.36. The number of hydrogen-bond donors (Lipinski definition) is 2. The van der Waals surface area contributed by atoms with Crippen LogP contribution in [0, 0.1) is 5.41 Å². The molecular formula is C16H20N4O4. The zero-order chi connectivity index (χ0) is 17.6. The van der Waals surface area contributed by atoms with E-state index in [9.17, 15) is 19.5 Å². The number of aromatic nitrogens is 3. The van der Waals surface area contributed by atoms with E-state index in [1.54, 1.807) is 0 Å². The van der Waals surface area contributed by atoms with Gasteiger partial charge in [0.15, 0.2) is 11.8 Å². The van der Waals surface area contributed by atoms with Crippen LogP contribution in [0.1, 0.15) is 54.5 Å². The topological polar surface area (TPSA) is 106 Å². The van der Waals surface area contributed by atoms with E-state index in [0.29, 0.717) is 12.8 Å². The Bertz CT molecular complexity index is 884. The normalized spacial score (nSPS) is 14.8. The third-order valence-corrected chi connectivity index (χ3v) is 3.76. The molecule has 1 aliphatic rings. The van der Waals surface area contributed by atoms with Gasteiger partial charge in [0, 0.05) is 18.7 Å². The van der Waals surface area contributed by atoms with E-state index in [1.165, 1.54) is 10.6 Å². The first kappa shape index (κ1) is 16.2. The summed E-state index contributed by atoms with van der Waals surface area (Å²) in [6.45, 7) is 6.15. The van der Waals surface area contributed by atoms with E-state index in [-0.39, 0.29) is 28.4 Å². The van der Waals surface area contributed by atoms with E-state index in [2.05, 4.69) is 10.4 Å². The van der Waals surface area contributed by atoms with E-state index in [4.69, 9.17) is 0 Å². The molecule has 0 atom stereocenters. The maximum absolute atomic E-state index is 12.8. The largest absolute Gasteiger partial charge is 0.492 e. The number of aldehydes is 1. The van der Waals surface area contributed by atoms with Crippen LogP contribution in [0.5, 0.6) is 5.88 Å². The molecule has 0 radical (unpaired) electrons. The lowest BCUT2D eigenvalue weighted by Crippen LogP contribution is -2.37. The number of rotatable bonds is 4. The summed E-state index contributed by atoms with van der Waals surface area (Å²) in [6, 6.07) is 1.47. The minimum Gasteiger partial charge on any atom is -0.492 e. The predicted molar refractivity (Wildman–Crippen MR) is 86.4 cm³/mol. The molecule has 0 aliphatic heterocycles. The molecule has 1 fully saturated rings. The lowest BCUT2D eigenvalue weighted by Gasteiger charge is -2.21. The fourth-order valence-electron chi connectivity index (χ4n) is 2.55. The van der Waals surface area contributed by atoms with Gasteiger partial charge in [0.2, 0.25) is 5.88 Å². The van der Waals surface area contributed by atoms with Gasteiger partial charge in [0.1, 0.15) is 11.3 Å². The second kappa shape index (κ2) is 5.47. The smallest absolute Gasteiger partial charge is 0.270 e. The van der Waals surface area contributed by atoms with Crippen molar-refractivity contribution in [3.05, 3.63) is 27.7 Å². The first-order valence-electron chi connectivity index (χ1n) is 7.83. The van der Waals surface area contributed by atoms with Gasteiger partial charge >= 0.3 is 0 Å². The van der Waals surface area contributed by atoms with Crippen LogP contribution in [0.4, 0.5) is 0 Å². The molecule has 0 unspecified atom stereocenters. The number of fused-ring (bicyclic) bond motifs is 1. The molecule has 2 N–H and O–H groups in total. The average Bonchev–Trinajstić information content (AvgIpc) is 3.17. The molecule has 0 spiro atoms. The molecule has 8 nitrogen and oxygen atoms in total. The molecule has 8 heteroatoms. The Balaban J connectivity index is 2.25. The molecule has 2 aromatic rings. The van der Waals surface area contributed by atoms with Gasteiger partial charge in [0.25, 0.3) is 11.5 Å². The minimum atomic E-state index is -0.618. The van der Waals surface area contributed by atoms with Crippen molar-refractivity contribution in [2.45, 2.75) is 46.2 Å². The van der Waals surface area contributed by atoms with E-state index in [0.717, 1.165) is 17.4 Å². The third-order valence-electron chi connectivity index (χ3n) is 3.76. The number of aromatic hydroxyl groups is 1. The van der Waals surface area contributed by atoms with Gasteiger partial charge in [-0.1, -0.05) is 20.8 Å². The molecule has 1 aliphatic carbocycles. The van der Waals surface area contributed by atoms with Crippen molar-refractivity contribution in [2.24, 2.45) is 5.41 Å². The first-order valence-corrected chi connectivity index (χ1v) is 7.83. The van der Waals surface area contributed by atoms with Crippen molar-refractivity contribution >= 4 is 17.8 Å². The van der Waals surface area contributed by atoms with E-state index >= 15 is 0 Å². The molecule has 0 saturated heterocycles. The van der Waals surface area contributed by atoms with Crippen LogP contribution in [-0.4, -0.2) is 37.5 Å². The van der Waals surface area contributed by atoms with Gasteiger partial charge in [-0.05, 0) is 18.3 Å². The van der Waals surface area contributed by atoms with Gasteiger partial charge in [-0.3, -0.25) is 19.0 Å². The van der Waals surface area contributed by atoms with Gasteiger partial charge in [0.05, 0.1) is 0 Å². The summed E-state index contributed by atoms with van der Waals surface area (Å²) in [7, 11) is 0. The van der Waals surface area contributed by atoms with Crippen molar-refractivity contribution in [1.82, 2.24) is 19.5 Å². The van der Waals surface area contributed by atoms with Crippen molar-refractivity contribution in [2.75, 3.05) is 0 Å². The average molecular weight is 332 g/mol. The molecule has 1 amide bonds. The van der Waals surface area contributed by atoms with Gasteiger partial charge < -0.3 is 10.4 Å². The first-order chi connectivity index (χ1) is 11.2. The summed E-state index contributed by atoms with van der Waals surface area (Å²) >= 11 is 0. The Kier molecular flexibility index (Phi) is 3.70. The maximum atomic E-state index is 12.8. The number of hydrogen-bond acceptors (Lipinski definition) is 5.